The Morgan fingerprint density at radius 3 is 1.76 bits per heavy atom. The van der Waals surface area contributed by atoms with Crippen molar-refractivity contribution < 1.29 is 0 Å². The molecular formula is C25H20BrIN2. The van der Waals surface area contributed by atoms with Gasteiger partial charge in [-0.2, -0.15) is 0 Å². The van der Waals surface area contributed by atoms with Gasteiger partial charge in [0.2, 0.25) is 0 Å². The molecule has 144 valence electrons. The van der Waals surface area contributed by atoms with E-state index in [0.29, 0.717) is 0 Å². The van der Waals surface area contributed by atoms with E-state index < -0.39 is 0 Å². The van der Waals surface area contributed by atoms with Gasteiger partial charge in [-0.15, -0.1) is 0 Å². The second kappa shape index (κ2) is 8.36. The molecule has 0 atom stereocenters. The van der Waals surface area contributed by atoms with Crippen LogP contribution in [0.4, 0.5) is 0 Å². The van der Waals surface area contributed by atoms with E-state index in [1.165, 1.54) is 3.57 Å². The van der Waals surface area contributed by atoms with E-state index in [-0.39, 0.29) is 5.41 Å². The second-order valence-electron chi connectivity index (χ2n) is 7.46. The van der Waals surface area contributed by atoms with Gasteiger partial charge in [0.15, 0.2) is 0 Å². The number of hydrogen-bond donors (Lipinski definition) is 0. The van der Waals surface area contributed by atoms with Crippen LogP contribution in [0.1, 0.15) is 25.2 Å². The summed E-state index contributed by atoms with van der Waals surface area (Å²) in [6.07, 6.45) is 0. The van der Waals surface area contributed by atoms with Crippen LogP contribution in [0.5, 0.6) is 0 Å². The molecule has 0 saturated heterocycles. The smallest absolute Gasteiger partial charge is 0.0706 e. The van der Waals surface area contributed by atoms with Crippen LogP contribution in [0, 0.1) is 3.57 Å². The predicted octanol–water partition coefficient (Wildman–Crippen LogP) is 7.50. The van der Waals surface area contributed by atoms with E-state index in [0.717, 1.165) is 38.4 Å². The SMILES string of the molecule is CC(C)(c1cccc(-c2cccc(Br)c2)n1)c1cccc(-c2cccc(I)c2)n1. The third kappa shape index (κ3) is 4.43. The molecule has 0 saturated carbocycles. The molecular weight excluding hydrogens is 535 g/mol. The summed E-state index contributed by atoms with van der Waals surface area (Å²) in [6, 6.07) is 29.1. The van der Waals surface area contributed by atoms with E-state index in [1.807, 2.05) is 12.1 Å². The maximum Gasteiger partial charge on any atom is 0.0706 e. The molecule has 0 fully saturated rings. The zero-order chi connectivity index (χ0) is 20.4. The van der Waals surface area contributed by atoms with Crippen LogP contribution in [0.2, 0.25) is 0 Å². The second-order valence-corrected chi connectivity index (χ2v) is 9.62. The van der Waals surface area contributed by atoms with Crippen molar-refractivity contribution in [3.63, 3.8) is 0 Å². The fraction of sp³-hybridized carbons (Fsp3) is 0.120. The Morgan fingerprint density at radius 1 is 0.690 bits per heavy atom. The zero-order valence-corrected chi connectivity index (χ0v) is 20.0. The molecule has 2 heterocycles. The van der Waals surface area contributed by atoms with Crippen molar-refractivity contribution in [1.82, 2.24) is 9.97 Å². The van der Waals surface area contributed by atoms with Crippen molar-refractivity contribution in [1.29, 1.82) is 0 Å². The van der Waals surface area contributed by atoms with Gasteiger partial charge in [-0.25, -0.2) is 0 Å². The fourth-order valence-corrected chi connectivity index (χ4v) is 4.26. The number of halogens is 2. The number of nitrogens with zero attached hydrogens (tertiary/aromatic N) is 2. The van der Waals surface area contributed by atoms with Crippen LogP contribution in [0.25, 0.3) is 22.5 Å². The first-order chi connectivity index (χ1) is 13.9. The molecule has 4 rings (SSSR count). The van der Waals surface area contributed by atoms with Crippen LogP contribution in [0.3, 0.4) is 0 Å². The van der Waals surface area contributed by atoms with Crippen molar-refractivity contribution in [3.8, 4) is 22.5 Å². The van der Waals surface area contributed by atoms with Gasteiger partial charge in [0.05, 0.1) is 22.8 Å². The molecule has 2 aromatic heterocycles. The van der Waals surface area contributed by atoms with Crippen LogP contribution >= 0.6 is 38.5 Å². The predicted molar refractivity (Wildman–Crippen MR) is 132 cm³/mol. The summed E-state index contributed by atoms with van der Waals surface area (Å²) in [5, 5.41) is 0. The molecule has 0 spiro atoms. The van der Waals surface area contributed by atoms with Gasteiger partial charge in [0.25, 0.3) is 0 Å². The number of pyridine rings is 2. The van der Waals surface area contributed by atoms with Crippen molar-refractivity contribution in [2.24, 2.45) is 0 Å². The molecule has 0 amide bonds. The lowest BCUT2D eigenvalue weighted by Gasteiger charge is -2.25. The lowest BCUT2D eigenvalue weighted by Crippen LogP contribution is -2.22. The highest BCUT2D eigenvalue weighted by atomic mass is 127. The molecule has 0 radical (unpaired) electrons. The Balaban J connectivity index is 1.74. The third-order valence-corrected chi connectivity index (χ3v) is 6.18. The summed E-state index contributed by atoms with van der Waals surface area (Å²) in [6.45, 7) is 4.36. The summed E-state index contributed by atoms with van der Waals surface area (Å²) in [4.78, 5) is 9.98. The Kier molecular flexibility index (Phi) is 5.83. The standard InChI is InChI=1S/C25H20BrIN2/c1-25(2,23-13-5-11-21(28-23)17-7-3-9-19(26)15-17)24-14-6-12-22(29-24)18-8-4-10-20(27)16-18/h3-16H,1-2H3. The molecule has 0 aliphatic carbocycles. The average Bonchev–Trinajstić information content (AvgIpc) is 2.74. The van der Waals surface area contributed by atoms with Crippen molar-refractivity contribution in [2.75, 3.05) is 0 Å². The van der Waals surface area contributed by atoms with E-state index in [4.69, 9.17) is 9.97 Å². The largest absolute Gasteiger partial charge is 0.252 e. The van der Waals surface area contributed by atoms with Crippen molar-refractivity contribution in [2.45, 2.75) is 19.3 Å². The van der Waals surface area contributed by atoms with Gasteiger partial charge in [-0.3, -0.25) is 9.97 Å². The zero-order valence-electron chi connectivity index (χ0n) is 16.2. The van der Waals surface area contributed by atoms with Gasteiger partial charge < -0.3 is 0 Å². The Bertz CT molecular complexity index is 1080. The molecule has 0 N–H and O–H groups in total. The first-order valence-electron chi connectivity index (χ1n) is 9.40. The molecule has 4 heteroatoms. The Morgan fingerprint density at radius 2 is 1.21 bits per heavy atom. The summed E-state index contributed by atoms with van der Waals surface area (Å²) in [5.41, 5.74) is 5.86. The molecule has 2 aromatic carbocycles. The monoisotopic (exact) mass is 554 g/mol. The van der Waals surface area contributed by atoms with Gasteiger partial charge in [-0.05, 0) is 85.0 Å². The number of hydrogen-bond acceptors (Lipinski definition) is 2. The minimum atomic E-state index is -0.319. The lowest BCUT2D eigenvalue weighted by atomic mass is 9.84. The van der Waals surface area contributed by atoms with E-state index in [2.05, 4.69) is 125 Å². The first kappa shape index (κ1) is 20.2. The highest BCUT2D eigenvalue weighted by Gasteiger charge is 2.27. The van der Waals surface area contributed by atoms with Crippen molar-refractivity contribution in [3.05, 3.63) is 104 Å². The normalized spacial score (nSPS) is 11.4. The van der Waals surface area contributed by atoms with Gasteiger partial charge in [0.1, 0.15) is 0 Å². The van der Waals surface area contributed by atoms with Gasteiger partial charge in [-0.1, -0.05) is 52.3 Å². The van der Waals surface area contributed by atoms with Crippen LogP contribution in [0.15, 0.2) is 89.4 Å². The summed E-state index contributed by atoms with van der Waals surface area (Å²) < 4.78 is 2.25. The van der Waals surface area contributed by atoms with Gasteiger partial charge in [0, 0.05) is 24.6 Å². The quantitative estimate of drug-likeness (QED) is 0.244. The highest BCUT2D eigenvalue weighted by Crippen LogP contribution is 2.32. The molecule has 0 aliphatic rings. The third-order valence-electron chi connectivity index (χ3n) is 5.02. The van der Waals surface area contributed by atoms with E-state index in [9.17, 15) is 0 Å². The molecule has 0 aliphatic heterocycles. The maximum absolute atomic E-state index is 5.00. The average molecular weight is 555 g/mol. The summed E-state index contributed by atoms with van der Waals surface area (Å²) >= 11 is 5.89. The minimum Gasteiger partial charge on any atom is -0.252 e. The fourth-order valence-electron chi connectivity index (χ4n) is 3.31. The van der Waals surface area contributed by atoms with Gasteiger partial charge >= 0.3 is 0 Å². The molecule has 2 nitrogen and oxygen atoms in total. The molecule has 4 aromatic rings. The van der Waals surface area contributed by atoms with Crippen molar-refractivity contribution >= 4 is 38.5 Å². The first-order valence-corrected chi connectivity index (χ1v) is 11.3. The maximum atomic E-state index is 5.00. The minimum absolute atomic E-state index is 0.319. The van der Waals surface area contributed by atoms with E-state index >= 15 is 0 Å². The van der Waals surface area contributed by atoms with Crippen LogP contribution < -0.4 is 0 Å². The number of rotatable bonds is 4. The highest BCUT2D eigenvalue weighted by molar-refractivity contribution is 14.1. The van der Waals surface area contributed by atoms with E-state index in [1.54, 1.807) is 0 Å². The lowest BCUT2D eigenvalue weighted by molar-refractivity contribution is 0.597. The Hall–Kier alpha value is -2.05. The molecule has 0 bridgehead atoms. The summed E-state index contributed by atoms with van der Waals surface area (Å²) in [5.74, 6) is 0. The molecule has 29 heavy (non-hydrogen) atoms. The van der Waals surface area contributed by atoms with Crippen LogP contribution in [-0.2, 0) is 5.41 Å². The number of aromatic nitrogens is 2. The van der Waals surface area contributed by atoms with Crippen LogP contribution in [-0.4, -0.2) is 9.97 Å². The Labute approximate surface area is 193 Å². The number of benzene rings is 2. The topological polar surface area (TPSA) is 25.8 Å². The molecule has 0 unspecified atom stereocenters. The summed E-state index contributed by atoms with van der Waals surface area (Å²) in [7, 11) is 0.